The number of nitrogens with one attached hydrogen (secondary N) is 1. The van der Waals surface area contributed by atoms with Gasteiger partial charge in [0.05, 0.1) is 0 Å². The molecule has 4 nitrogen and oxygen atoms in total. The lowest BCUT2D eigenvalue weighted by molar-refractivity contribution is -0.135. The van der Waals surface area contributed by atoms with E-state index < -0.39 is 0 Å². The smallest absolute Gasteiger partial charge is 0.250 e. The van der Waals surface area contributed by atoms with Crippen molar-refractivity contribution in [3.63, 3.8) is 0 Å². The third-order valence-corrected chi connectivity index (χ3v) is 6.53. The van der Waals surface area contributed by atoms with Gasteiger partial charge in [0.25, 0.3) is 0 Å². The third kappa shape index (κ3) is 2.34. The maximum Gasteiger partial charge on any atom is 0.250 e. The average molecular weight is 337 g/mol. The first kappa shape index (κ1) is 15.4. The predicted octanol–water partition coefficient (Wildman–Crippen LogP) is 2.67. The fourth-order valence-electron chi connectivity index (χ4n) is 5.26. The molecular formula is C21H27N3O. The molecule has 1 aliphatic carbocycles. The summed E-state index contributed by atoms with van der Waals surface area (Å²) in [5.74, 6) is 0.552. The maximum absolute atomic E-state index is 13.4. The Kier molecular flexibility index (Phi) is 3.46. The Hall–Kier alpha value is -1.81. The minimum atomic E-state index is -0.0485. The van der Waals surface area contributed by atoms with E-state index in [0.717, 1.165) is 19.4 Å². The highest BCUT2D eigenvalue weighted by Gasteiger charge is 2.55. The van der Waals surface area contributed by atoms with Crippen molar-refractivity contribution in [2.45, 2.75) is 69.6 Å². The molecule has 4 heteroatoms. The molecule has 132 valence electrons. The first-order valence-electron chi connectivity index (χ1n) is 9.73. The highest BCUT2D eigenvalue weighted by atomic mass is 16.2. The van der Waals surface area contributed by atoms with Gasteiger partial charge in [0, 0.05) is 36.4 Å². The summed E-state index contributed by atoms with van der Waals surface area (Å²) in [6, 6.07) is 7.93. The molecule has 1 aromatic rings. The van der Waals surface area contributed by atoms with Crippen LogP contribution < -0.4 is 5.32 Å². The number of hydrogen-bond acceptors (Lipinski definition) is 3. The topological polar surface area (TPSA) is 35.6 Å². The van der Waals surface area contributed by atoms with E-state index in [-0.39, 0.29) is 12.0 Å². The standard InChI is InChI=1S/C21H27N3O/c1-13-5-8-16(14(2)12-13)18-19-17(4-3-9-22-19)24-11-10-23(15-6-7-15)21(25)20(18)24/h5,8,10-12,15,17-20,22H,3-4,6-7,9H2,1-2H3. The van der Waals surface area contributed by atoms with E-state index in [4.69, 9.17) is 0 Å². The number of hydrogen-bond donors (Lipinski definition) is 1. The molecule has 0 spiro atoms. The second-order valence-electron chi connectivity index (χ2n) is 8.24. The van der Waals surface area contributed by atoms with Gasteiger partial charge >= 0.3 is 0 Å². The molecule has 1 N–H and O–H groups in total. The van der Waals surface area contributed by atoms with Crippen molar-refractivity contribution in [2.24, 2.45) is 0 Å². The Labute approximate surface area is 149 Å². The zero-order valence-corrected chi connectivity index (χ0v) is 15.1. The molecule has 0 aromatic heterocycles. The van der Waals surface area contributed by atoms with Gasteiger partial charge in [-0.25, -0.2) is 0 Å². The fourth-order valence-corrected chi connectivity index (χ4v) is 5.26. The molecule has 3 aliphatic heterocycles. The molecule has 4 unspecified atom stereocenters. The Morgan fingerprint density at radius 2 is 1.96 bits per heavy atom. The Bertz CT molecular complexity index is 739. The SMILES string of the molecule is Cc1ccc(C2C3NCCCC3N3C=CN(C4CC4)C(=O)C23)c(C)c1. The van der Waals surface area contributed by atoms with Crippen molar-refractivity contribution < 1.29 is 4.79 Å². The van der Waals surface area contributed by atoms with Gasteiger partial charge in [-0.15, -0.1) is 0 Å². The summed E-state index contributed by atoms with van der Waals surface area (Å²) in [5, 5.41) is 3.76. The number of carbonyl (C=O) groups excluding carboxylic acids is 1. The van der Waals surface area contributed by atoms with Gasteiger partial charge in [0.15, 0.2) is 0 Å². The largest absolute Gasteiger partial charge is 0.359 e. The van der Waals surface area contributed by atoms with E-state index in [1.165, 1.54) is 29.5 Å². The Balaban J connectivity index is 1.59. The van der Waals surface area contributed by atoms with Crippen LogP contribution in [-0.2, 0) is 4.79 Å². The van der Waals surface area contributed by atoms with Crippen molar-refractivity contribution in [1.82, 2.24) is 15.1 Å². The van der Waals surface area contributed by atoms with Gasteiger partial charge in [0.1, 0.15) is 6.04 Å². The maximum atomic E-state index is 13.4. The zero-order valence-electron chi connectivity index (χ0n) is 15.1. The number of rotatable bonds is 2. The molecule has 3 fully saturated rings. The highest BCUT2D eigenvalue weighted by Crippen LogP contribution is 2.45. The molecule has 25 heavy (non-hydrogen) atoms. The Morgan fingerprint density at radius 1 is 1.12 bits per heavy atom. The molecule has 3 heterocycles. The number of carbonyl (C=O) groups is 1. The number of nitrogens with zero attached hydrogens (tertiary/aromatic N) is 2. The van der Waals surface area contributed by atoms with Crippen LogP contribution in [0.1, 0.15) is 48.3 Å². The molecular weight excluding hydrogens is 310 g/mol. The van der Waals surface area contributed by atoms with Crippen LogP contribution in [0, 0.1) is 13.8 Å². The predicted molar refractivity (Wildman–Crippen MR) is 98.1 cm³/mol. The molecule has 0 radical (unpaired) electrons. The number of benzene rings is 1. The minimum Gasteiger partial charge on any atom is -0.359 e. The molecule has 1 aromatic carbocycles. The molecule has 2 saturated heterocycles. The first-order valence-corrected chi connectivity index (χ1v) is 9.73. The van der Waals surface area contributed by atoms with Crippen LogP contribution in [0.25, 0.3) is 0 Å². The summed E-state index contributed by atoms with van der Waals surface area (Å²) < 4.78 is 0. The summed E-state index contributed by atoms with van der Waals surface area (Å²) >= 11 is 0. The second kappa shape index (κ2) is 5.60. The van der Waals surface area contributed by atoms with Gasteiger partial charge in [-0.05, 0) is 57.2 Å². The monoisotopic (exact) mass is 337 g/mol. The van der Waals surface area contributed by atoms with Crippen molar-refractivity contribution in [3.8, 4) is 0 Å². The van der Waals surface area contributed by atoms with Gasteiger partial charge < -0.3 is 15.1 Å². The number of fused-ring (bicyclic) bond motifs is 3. The van der Waals surface area contributed by atoms with Gasteiger partial charge in [0.2, 0.25) is 5.91 Å². The average Bonchev–Trinajstić information content (AvgIpc) is 3.38. The second-order valence-corrected chi connectivity index (χ2v) is 8.24. The van der Waals surface area contributed by atoms with Crippen LogP contribution in [-0.4, -0.2) is 46.4 Å². The van der Waals surface area contributed by atoms with Crippen LogP contribution in [0.15, 0.2) is 30.6 Å². The normalized spacial score (nSPS) is 34.2. The van der Waals surface area contributed by atoms with Crippen LogP contribution in [0.2, 0.25) is 0 Å². The van der Waals surface area contributed by atoms with Crippen LogP contribution in [0.4, 0.5) is 0 Å². The van der Waals surface area contributed by atoms with E-state index in [2.05, 4.69) is 48.5 Å². The fraction of sp³-hybridized carbons (Fsp3) is 0.571. The van der Waals surface area contributed by atoms with E-state index in [0.29, 0.717) is 24.0 Å². The van der Waals surface area contributed by atoms with Crippen molar-refractivity contribution >= 4 is 5.91 Å². The van der Waals surface area contributed by atoms with E-state index in [1.807, 2.05) is 11.1 Å². The summed E-state index contributed by atoms with van der Waals surface area (Å²) in [6.45, 7) is 5.40. The molecule has 4 aliphatic rings. The lowest BCUT2D eigenvalue weighted by Crippen LogP contribution is -2.50. The summed E-state index contributed by atoms with van der Waals surface area (Å²) in [4.78, 5) is 17.8. The number of aryl methyl sites for hydroxylation is 2. The van der Waals surface area contributed by atoms with Crippen molar-refractivity contribution in [2.75, 3.05) is 6.54 Å². The highest BCUT2D eigenvalue weighted by molar-refractivity contribution is 5.86. The third-order valence-electron chi connectivity index (χ3n) is 6.53. The van der Waals surface area contributed by atoms with Gasteiger partial charge in [-0.2, -0.15) is 0 Å². The lowest BCUT2D eigenvalue weighted by Gasteiger charge is -2.37. The van der Waals surface area contributed by atoms with Crippen molar-refractivity contribution in [3.05, 3.63) is 47.3 Å². The van der Waals surface area contributed by atoms with Crippen LogP contribution >= 0.6 is 0 Å². The lowest BCUT2D eigenvalue weighted by atomic mass is 9.81. The molecule has 1 amide bonds. The summed E-state index contributed by atoms with van der Waals surface area (Å²) in [7, 11) is 0. The molecule has 4 atom stereocenters. The van der Waals surface area contributed by atoms with E-state index >= 15 is 0 Å². The van der Waals surface area contributed by atoms with Crippen LogP contribution in [0.3, 0.4) is 0 Å². The molecule has 5 rings (SSSR count). The van der Waals surface area contributed by atoms with E-state index in [9.17, 15) is 4.79 Å². The number of piperidine rings is 1. The van der Waals surface area contributed by atoms with Crippen molar-refractivity contribution in [1.29, 1.82) is 0 Å². The zero-order chi connectivity index (χ0) is 17.1. The van der Waals surface area contributed by atoms with Crippen LogP contribution in [0.5, 0.6) is 0 Å². The van der Waals surface area contributed by atoms with Gasteiger partial charge in [-0.3, -0.25) is 4.79 Å². The van der Waals surface area contributed by atoms with Gasteiger partial charge in [-0.1, -0.05) is 23.8 Å². The summed E-state index contributed by atoms with van der Waals surface area (Å²) in [6.07, 6.45) is 8.93. The Morgan fingerprint density at radius 3 is 2.72 bits per heavy atom. The quantitative estimate of drug-likeness (QED) is 0.901. The first-order chi connectivity index (χ1) is 12.1. The molecule has 1 saturated carbocycles. The summed E-state index contributed by atoms with van der Waals surface area (Å²) in [5.41, 5.74) is 3.96. The van der Waals surface area contributed by atoms with E-state index in [1.54, 1.807) is 0 Å². The number of amides is 1. The molecule has 0 bridgehead atoms. The minimum absolute atomic E-state index is 0.0485.